The molecule has 1 aromatic heterocycles. The Balaban J connectivity index is 1.39. The fourth-order valence-electron chi connectivity index (χ4n) is 4.36. The van der Waals surface area contributed by atoms with Gasteiger partial charge in [0.25, 0.3) is 0 Å². The molecule has 0 radical (unpaired) electrons. The van der Waals surface area contributed by atoms with Crippen molar-refractivity contribution in [3.05, 3.63) is 65.3 Å². The van der Waals surface area contributed by atoms with Crippen molar-refractivity contribution in [1.29, 1.82) is 0 Å². The van der Waals surface area contributed by atoms with Gasteiger partial charge in [-0.05, 0) is 37.1 Å². The molecule has 1 heterocycles. The van der Waals surface area contributed by atoms with Gasteiger partial charge in [-0.15, -0.1) is 0 Å². The summed E-state index contributed by atoms with van der Waals surface area (Å²) in [6.45, 7) is 1.51. The van der Waals surface area contributed by atoms with Crippen molar-refractivity contribution < 1.29 is 18.8 Å². The van der Waals surface area contributed by atoms with Crippen molar-refractivity contribution >= 4 is 29.1 Å². The molecule has 8 nitrogen and oxygen atoms in total. The number of hydrogen-bond acceptors (Lipinski definition) is 6. The first-order valence-corrected chi connectivity index (χ1v) is 12.3. The zero-order valence-electron chi connectivity index (χ0n) is 19.7. The summed E-state index contributed by atoms with van der Waals surface area (Å²) in [7, 11) is 0. The second kappa shape index (κ2) is 11.4. The van der Waals surface area contributed by atoms with Crippen LogP contribution in [0.2, 0.25) is 5.02 Å². The summed E-state index contributed by atoms with van der Waals surface area (Å²) in [5.41, 5.74) is -0.0758. The largest absolute Gasteiger partial charge is 0.454 e. The maximum absolute atomic E-state index is 12.7. The number of ether oxygens (including phenoxy) is 1. The highest BCUT2D eigenvalue weighted by atomic mass is 35.5. The van der Waals surface area contributed by atoms with Crippen LogP contribution in [0.15, 0.2) is 53.1 Å². The van der Waals surface area contributed by atoms with E-state index in [2.05, 4.69) is 20.8 Å². The third kappa shape index (κ3) is 6.39. The lowest BCUT2D eigenvalue weighted by Gasteiger charge is -2.30. The predicted molar refractivity (Wildman–Crippen MR) is 132 cm³/mol. The number of halogens is 1. The van der Waals surface area contributed by atoms with Crippen LogP contribution in [-0.4, -0.2) is 22.0 Å². The van der Waals surface area contributed by atoms with Crippen LogP contribution in [0, 0.1) is 0 Å². The van der Waals surface area contributed by atoms with Crippen molar-refractivity contribution in [2.24, 2.45) is 0 Å². The third-order valence-corrected chi connectivity index (χ3v) is 6.36. The first kappa shape index (κ1) is 24.7. The highest BCUT2D eigenvalue weighted by Gasteiger charge is 2.38. The van der Waals surface area contributed by atoms with Crippen molar-refractivity contribution in [3.63, 3.8) is 0 Å². The Kier molecular flexibility index (Phi) is 8.02. The van der Waals surface area contributed by atoms with Crippen LogP contribution < -0.4 is 15.4 Å². The van der Waals surface area contributed by atoms with Gasteiger partial charge < -0.3 is 19.9 Å². The summed E-state index contributed by atoms with van der Waals surface area (Å²) in [5.74, 6) is 1.51. The van der Waals surface area contributed by atoms with Crippen LogP contribution in [0.4, 0.5) is 5.69 Å². The van der Waals surface area contributed by atoms with Gasteiger partial charge in [0.2, 0.25) is 17.7 Å². The maximum Gasteiger partial charge on any atom is 0.227 e. The van der Waals surface area contributed by atoms with Crippen LogP contribution in [-0.2, 0) is 21.5 Å². The molecular formula is C26H29ClN4O4. The van der Waals surface area contributed by atoms with E-state index < -0.39 is 5.54 Å². The van der Waals surface area contributed by atoms with Gasteiger partial charge in [0.15, 0.2) is 11.6 Å². The van der Waals surface area contributed by atoms with E-state index in [0.717, 1.165) is 38.5 Å². The average molecular weight is 497 g/mol. The van der Waals surface area contributed by atoms with Crippen molar-refractivity contribution in [2.45, 2.75) is 63.8 Å². The normalized spacial score (nSPS) is 15.1. The molecule has 1 fully saturated rings. The fourth-order valence-corrected chi connectivity index (χ4v) is 4.54. The number of carbonyl (C=O) groups is 2. The smallest absolute Gasteiger partial charge is 0.227 e. The molecule has 1 aliphatic rings. The number of hydrogen-bond donors (Lipinski definition) is 2. The molecule has 2 amide bonds. The van der Waals surface area contributed by atoms with E-state index in [4.69, 9.17) is 20.9 Å². The van der Waals surface area contributed by atoms with Crippen LogP contribution in [0.5, 0.6) is 11.5 Å². The minimum atomic E-state index is -0.610. The minimum absolute atomic E-state index is 0.115. The number of amides is 2. The molecule has 3 aromatic rings. The highest BCUT2D eigenvalue weighted by molar-refractivity contribution is 6.32. The quantitative estimate of drug-likeness (QED) is 0.383. The summed E-state index contributed by atoms with van der Waals surface area (Å²) in [6, 6.07) is 14.3. The molecule has 0 saturated heterocycles. The molecular weight excluding hydrogens is 468 g/mol. The lowest BCUT2D eigenvalue weighted by molar-refractivity contribution is -0.121. The number of benzene rings is 2. The number of nitrogens with zero attached hydrogens (tertiary/aromatic N) is 2. The summed E-state index contributed by atoms with van der Waals surface area (Å²) in [5, 5.41) is 10.6. The monoisotopic (exact) mass is 496 g/mol. The summed E-state index contributed by atoms with van der Waals surface area (Å²) >= 11 is 6.20. The molecule has 2 N–H and O–H groups in total. The van der Waals surface area contributed by atoms with Gasteiger partial charge in [-0.1, -0.05) is 66.7 Å². The molecule has 0 aliphatic heterocycles. The van der Waals surface area contributed by atoms with E-state index in [9.17, 15) is 9.59 Å². The summed E-state index contributed by atoms with van der Waals surface area (Å²) in [4.78, 5) is 29.1. The highest BCUT2D eigenvalue weighted by Crippen LogP contribution is 2.35. The van der Waals surface area contributed by atoms with E-state index >= 15 is 0 Å². The van der Waals surface area contributed by atoms with E-state index in [1.165, 1.54) is 6.92 Å². The van der Waals surface area contributed by atoms with Gasteiger partial charge >= 0.3 is 0 Å². The van der Waals surface area contributed by atoms with Gasteiger partial charge in [-0.2, -0.15) is 4.98 Å². The standard InChI is InChI=1S/C26H29ClN4O4/c1-18(32)30-26(16-8-2-3-9-17-26)25-29-24(35-31-25)15-14-23(33)28-20-11-5-7-13-22(20)34-21-12-6-4-10-19(21)27/h4-7,10-13H,2-3,8-9,14-17H2,1H3,(H,28,33)(H,30,32). The first-order chi connectivity index (χ1) is 16.9. The van der Waals surface area contributed by atoms with Crippen molar-refractivity contribution in [3.8, 4) is 11.5 Å². The van der Waals surface area contributed by atoms with E-state index in [-0.39, 0.29) is 24.7 Å². The topological polar surface area (TPSA) is 106 Å². The number of para-hydroxylation sites is 3. The fraction of sp³-hybridized carbons (Fsp3) is 0.385. The van der Waals surface area contributed by atoms with Crippen molar-refractivity contribution in [2.75, 3.05) is 5.32 Å². The van der Waals surface area contributed by atoms with Gasteiger partial charge in [-0.3, -0.25) is 9.59 Å². The van der Waals surface area contributed by atoms with E-state index in [1.54, 1.807) is 24.3 Å². The van der Waals surface area contributed by atoms with Gasteiger partial charge in [0, 0.05) is 19.8 Å². The number of rotatable bonds is 8. The van der Waals surface area contributed by atoms with Crippen LogP contribution >= 0.6 is 11.6 Å². The molecule has 4 rings (SSSR count). The third-order valence-electron chi connectivity index (χ3n) is 6.05. The van der Waals surface area contributed by atoms with E-state index in [1.807, 2.05) is 24.3 Å². The molecule has 0 spiro atoms. The summed E-state index contributed by atoms with van der Waals surface area (Å²) < 4.78 is 11.4. The van der Waals surface area contributed by atoms with Gasteiger partial charge in [0.1, 0.15) is 11.3 Å². The summed E-state index contributed by atoms with van der Waals surface area (Å²) in [6.07, 6.45) is 6.19. The zero-order chi connectivity index (χ0) is 24.7. The Labute approximate surface area is 209 Å². The number of aromatic nitrogens is 2. The maximum atomic E-state index is 12.7. The Hall–Kier alpha value is -3.39. The van der Waals surface area contributed by atoms with Crippen LogP contribution in [0.3, 0.4) is 0 Å². The molecule has 1 aliphatic carbocycles. The van der Waals surface area contributed by atoms with Crippen LogP contribution in [0.1, 0.15) is 63.6 Å². The molecule has 0 atom stereocenters. The van der Waals surface area contributed by atoms with Gasteiger partial charge in [0.05, 0.1) is 10.7 Å². The first-order valence-electron chi connectivity index (χ1n) is 11.9. The zero-order valence-corrected chi connectivity index (χ0v) is 20.4. The molecule has 9 heteroatoms. The number of nitrogens with one attached hydrogen (secondary N) is 2. The molecule has 35 heavy (non-hydrogen) atoms. The van der Waals surface area contributed by atoms with Gasteiger partial charge in [-0.25, -0.2) is 0 Å². The lowest BCUT2D eigenvalue weighted by atomic mass is 9.89. The Morgan fingerprint density at radius 1 is 1.03 bits per heavy atom. The van der Waals surface area contributed by atoms with Crippen molar-refractivity contribution in [1.82, 2.24) is 15.5 Å². The predicted octanol–water partition coefficient (Wildman–Crippen LogP) is 5.77. The number of aryl methyl sites for hydroxylation is 1. The second-order valence-corrected chi connectivity index (χ2v) is 9.17. The molecule has 1 saturated carbocycles. The average Bonchev–Trinajstić information content (AvgIpc) is 3.20. The lowest BCUT2D eigenvalue weighted by Crippen LogP contribution is -2.45. The Morgan fingerprint density at radius 3 is 2.43 bits per heavy atom. The molecule has 184 valence electrons. The molecule has 2 aromatic carbocycles. The number of anilines is 1. The SMILES string of the molecule is CC(=O)NC1(c2noc(CCC(=O)Nc3ccccc3Oc3ccccc3Cl)n2)CCCCCC1. The van der Waals surface area contributed by atoms with Crippen LogP contribution in [0.25, 0.3) is 0 Å². The molecule has 0 bridgehead atoms. The number of carbonyl (C=O) groups excluding carboxylic acids is 2. The molecule has 0 unspecified atom stereocenters. The second-order valence-electron chi connectivity index (χ2n) is 8.77. The Morgan fingerprint density at radius 2 is 1.71 bits per heavy atom. The Bertz CT molecular complexity index is 1170. The van der Waals surface area contributed by atoms with E-state index in [0.29, 0.717) is 33.9 Å². The minimum Gasteiger partial charge on any atom is -0.454 e.